The summed E-state index contributed by atoms with van der Waals surface area (Å²) in [6.07, 6.45) is 3.65. The van der Waals surface area contributed by atoms with Crippen molar-refractivity contribution in [2.45, 2.75) is 25.8 Å². The van der Waals surface area contributed by atoms with E-state index in [4.69, 9.17) is 0 Å². The number of thiophene rings is 1. The van der Waals surface area contributed by atoms with Crippen LogP contribution in [0.4, 0.5) is 10.1 Å². The van der Waals surface area contributed by atoms with E-state index in [1.807, 2.05) is 11.3 Å². The third kappa shape index (κ3) is 3.68. The van der Waals surface area contributed by atoms with Gasteiger partial charge in [0.1, 0.15) is 5.82 Å². The van der Waals surface area contributed by atoms with E-state index >= 15 is 0 Å². The highest BCUT2D eigenvalue weighted by molar-refractivity contribution is 7.12. The Kier molecular flexibility index (Phi) is 4.31. The summed E-state index contributed by atoms with van der Waals surface area (Å²) < 4.78 is 13.0. The zero-order valence-electron chi connectivity index (χ0n) is 11.6. The fourth-order valence-corrected chi connectivity index (χ4v) is 3.78. The van der Waals surface area contributed by atoms with Gasteiger partial charge in [-0.05, 0) is 49.1 Å². The molecule has 1 aromatic heterocycles. The van der Waals surface area contributed by atoms with Crippen LogP contribution in [0.15, 0.2) is 30.3 Å². The quantitative estimate of drug-likeness (QED) is 0.891. The molecule has 3 rings (SSSR count). The summed E-state index contributed by atoms with van der Waals surface area (Å²) in [6.45, 7) is 0.924. The van der Waals surface area contributed by atoms with Crippen molar-refractivity contribution < 1.29 is 9.18 Å². The maximum atomic E-state index is 13.0. The fourth-order valence-electron chi connectivity index (χ4n) is 2.55. The van der Waals surface area contributed by atoms with Crippen LogP contribution in [-0.2, 0) is 24.2 Å². The van der Waals surface area contributed by atoms with Crippen LogP contribution in [0.3, 0.4) is 0 Å². The molecular formula is C16H17FN2OS. The van der Waals surface area contributed by atoms with Crippen LogP contribution >= 0.6 is 11.3 Å². The number of carbonyl (C=O) groups is 1. The van der Waals surface area contributed by atoms with Crippen LogP contribution in [0.5, 0.6) is 0 Å². The van der Waals surface area contributed by atoms with Gasteiger partial charge in [-0.1, -0.05) is 6.07 Å². The molecule has 0 atom stereocenters. The van der Waals surface area contributed by atoms with E-state index in [1.54, 1.807) is 12.1 Å². The number of benzene rings is 1. The van der Waals surface area contributed by atoms with Crippen LogP contribution in [0.25, 0.3) is 0 Å². The van der Waals surface area contributed by atoms with Gasteiger partial charge in [0.05, 0.1) is 6.54 Å². The van der Waals surface area contributed by atoms with E-state index in [0.29, 0.717) is 12.2 Å². The second-order valence-electron chi connectivity index (χ2n) is 5.18. The fraction of sp³-hybridized carbons (Fsp3) is 0.312. The molecule has 0 saturated carbocycles. The van der Waals surface area contributed by atoms with Crippen molar-refractivity contribution in [2.75, 3.05) is 11.9 Å². The average molecular weight is 304 g/mol. The van der Waals surface area contributed by atoms with Gasteiger partial charge in [0.25, 0.3) is 0 Å². The highest BCUT2D eigenvalue weighted by atomic mass is 32.1. The van der Waals surface area contributed by atoms with Gasteiger partial charge in [0.15, 0.2) is 0 Å². The molecule has 2 aromatic rings. The summed E-state index contributed by atoms with van der Waals surface area (Å²) in [7, 11) is 0. The second-order valence-corrected chi connectivity index (χ2v) is 6.40. The molecule has 1 aromatic carbocycles. The first kappa shape index (κ1) is 14.2. The zero-order chi connectivity index (χ0) is 14.7. The molecule has 1 aliphatic rings. The summed E-state index contributed by atoms with van der Waals surface area (Å²) in [5, 5.41) is 5.80. The lowest BCUT2D eigenvalue weighted by atomic mass is 10.2. The van der Waals surface area contributed by atoms with Crippen LogP contribution in [0.1, 0.15) is 21.7 Å². The summed E-state index contributed by atoms with van der Waals surface area (Å²) in [5.74, 6) is -0.515. The molecule has 5 heteroatoms. The van der Waals surface area contributed by atoms with E-state index < -0.39 is 0 Å². The van der Waals surface area contributed by atoms with Gasteiger partial charge in [-0.15, -0.1) is 11.3 Å². The molecule has 0 bridgehead atoms. The maximum Gasteiger partial charge on any atom is 0.238 e. The summed E-state index contributed by atoms with van der Waals surface area (Å²) >= 11 is 1.84. The third-order valence-electron chi connectivity index (χ3n) is 3.49. The number of nitrogens with one attached hydrogen (secondary N) is 2. The van der Waals surface area contributed by atoms with Crippen molar-refractivity contribution in [3.8, 4) is 0 Å². The Balaban J connectivity index is 1.45. The minimum Gasteiger partial charge on any atom is -0.325 e. The van der Waals surface area contributed by atoms with E-state index in [2.05, 4.69) is 16.7 Å². The number of carbonyl (C=O) groups excluding carboxylic acids is 1. The topological polar surface area (TPSA) is 41.1 Å². The molecule has 0 radical (unpaired) electrons. The summed E-state index contributed by atoms with van der Waals surface area (Å²) in [4.78, 5) is 14.5. The van der Waals surface area contributed by atoms with Crippen molar-refractivity contribution >= 4 is 22.9 Å². The number of rotatable bonds is 5. The highest BCUT2D eigenvalue weighted by Crippen LogP contribution is 2.30. The van der Waals surface area contributed by atoms with E-state index in [-0.39, 0.29) is 18.3 Å². The van der Waals surface area contributed by atoms with Crippen molar-refractivity contribution in [1.29, 1.82) is 0 Å². The smallest absolute Gasteiger partial charge is 0.238 e. The van der Waals surface area contributed by atoms with Gasteiger partial charge >= 0.3 is 0 Å². The Morgan fingerprint density at radius 1 is 1.29 bits per heavy atom. The molecule has 0 aliphatic heterocycles. The van der Waals surface area contributed by atoms with Crippen molar-refractivity contribution in [2.24, 2.45) is 0 Å². The van der Waals surface area contributed by atoms with Crippen LogP contribution in [0, 0.1) is 5.82 Å². The molecular weight excluding hydrogens is 287 g/mol. The Hall–Kier alpha value is -1.72. The Morgan fingerprint density at radius 3 is 3.00 bits per heavy atom. The van der Waals surface area contributed by atoms with Gasteiger partial charge in [-0.2, -0.15) is 0 Å². The largest absolute Gasteiger partial charge is 0.325 e. The lowest BCUT2D eigenvalue weighted by Crippen LogP contribution is -2.27. The molecule has 0 saturated heterocycles. The molecule has 110 valence electrons. The van der Waals surface area contributed by atoms with Crippen molar-refractivity contribution in [3.05, 3.63) is 51.5 Å². The molecule has 0 unspecified atom stereocenters. The number of fused-ring (bicyclic) bond motifs is 1. The minimum atomic E-state index is -0.353. The summed E-state index contributed by atoms with van der Waals surface area (Å²) in [6, 6.07) is 8.15. The molecule has 0 spiro atoms. The van der Waals surface area contributed by atoms with Crippen LogP contribution in [0.2, 0.25) is 0 Å². The zero-order valence-corrected chi connectivity index (χ0v) is 12.4. The Bertz CT molecular complexity index is 632. The molecule has 1 heterocycles. The van der Waals surface area contributed by atoms with E-state index in [9.17, 15) is 9.18 Å². The van der Waals surface area contributed by atoms with Gasteiger partial charge in [0.2, 0.25) is 5.91 Å². The molecule has 21 heavy (non-hydrogen) atoms. The first-order valence-electron chi connectivity index (χ1n) is 7.07. The van der Waals surface area contributed by atoms with Crippen LogP contribution in [-0.4, -0.2) is 12.5 Å². The van der Waals surface area contributed by atoms with E-state index in [1.165, 1.54) is 46.7 Å². The van der Waals surface area contributed by atoms with Crippen LogP contribution < -0.4 is 10.6 Å². The lowest BCUT2D eigenvalue weighted by molar-refractivity contribution is -0.115. The Labute approximate surface area is 127 Å². The summed E-state index contributed by atoms with van der Waals surface area (Å²) in [5.41, 5.74) is 1.96. The van der Waals surface area contributed by atoms with E-state index in [0.717, 1.165) is 0 Å². The third-order valence-corrected chi connectivity index (χ3v) is 4.73. The lowest BCUT2D eigenvalue weighted by Gasteiger charge is -2.06. The number of hydrogen-bond acceptors (Lipinski definition) is 3. The molecule has 1 amide bonds. The predicted octanol–water partition coefficient (Wildman–Crippen LogP) is 3.10. The van der Waals surface area contributed by atoms with Crippen molar-refractivity contribution in [3.63, 3.8) is 0 Å². The highest BCUT2D eigenvalue weighted by Gasteiger charge is 2.14. The van der Waals surface area contributed by atoms with Gasteiger partial charge in [-0.25, -0.2) is 4.39 Å². The SMILES string of the molecule is O=C(CNCc1cc2c(s1)CCC2)Nc1cccc(F)c1. The van der Waals surface area contributed by atoms with Gasteiger partial charge in [-0.3, -0.25) is 4.79 Å². The monoisotopic (exact) mass is 304 g/mol. The molecule has 3 nitrogen and oxygen atoms in total. The maximum absolute atomic E-state index is 13.0. The average Bonchev–Trinajstić information content (AvgIpc) is 2.99. The van der Waals surface area contributed by atoms with Crippen molar-refractivity contribution in [1.82, 2.24) is 5.32 Å². The Morgan fingerprint density at radius 2 is 2.19 bits per heavy atom. The standard InChI is InChI=1S/C16H17FN2OS/c17-12-4-2-5-13(8-12)19-16(20)10-18-9-14-7-11-3-1-6-15(11)21-14/h2,4-5,7-8,18H,1,3,6,9-10H2,(H,19,20). The second kappa shape index (κ2) is 6.37. The van der Waals surface area contributed by atoms with Gasteiger partial charge < -0.3 is 10.6 Å². The number of hydrogen-bond donors (Lipinski definition) is 2. The number of halogens is 1. The van der Waals surface area contributed by atoms with Gasteiger partial charge in [0, 0.05) is 22.0 Å². The normalized spacial score (nSPS) is 13.2. The number of amides is 1. The predicted molar refractivity (Wildman–Crippen MR) is 83.1 cm³/mol. The molecule has 0 fully saturated rings. The first-order chi connectivity index (χ1) is 10.2. The molecule has 1 aliphatic carbocycles. The number of anilines is 1. The number of aryl methyl sites for hydroxylation is 2. The first-order valence-corrected chi connectivity index (χ1v) is 7.89. The molecule has 2 N–H and O–H groups in total. The minimum absolute atomic E-state index is 0.162.